The lowest BCUT2D eigenvalue weighted by Gasteiger charge is -2.18. The molecule has 1 atom stereocenters. The summed E-state index contributed by atoms with van der Waals surface area (Å²) in [5.41, 5.74) is 4.15. The van der Waals surface area contributed by atoms with Crippen LogP contribution in [0, 0.1) is 5.82 Å². The normalized spacial score (nSPS) is 14.0. The third-order valence-corrected chi connectivity index (χ3v) is 2.47. The fourth-order valence-electron chi connectivity index (χ4n) is 1.02. The fraction of sp³-hybridized carbons (Fsp3) is 0.250. The first-order valence-corrected chi connectivity index (χ1v) is 4.53. The molecule has 1 rings (SSSR count). The maximum atomic E-state index is 12.8. The van der Waals surface area contributed by atoms with E-state index < -0.39 is 29.3 Å². The first kappa shape index (κ1) is 12.3. The van der Waals surface area contributed by atoms with Gasteiger partial charge in [-0.15, -0.1) is 0 Å². The fourth-order valence-corrected chi connectivity index (χ4v) is 1.58. The monoisotopic (exact) mass is 287 g/mol. The van der Waals surface area contributed by atoms with Crippen molar-refractivity contribution in [2.75, 3.05) is 0 Å². The van der Waals surface area contributed by atoms with Gasteiger partial charge in [-0.1, -0.05) is 15.9 Å². The number of benzene rings is 1. The zero-order valence-electron chi connectivity index (χ0n) is 7.15. The summed E-state index contributed by atoms with van der Waals surface area (Å²) < 4.78 is 49.5. The number of phenols is 1. The van der Waals surface area contributed by atoms with Gasteiger partial charge in [0.2, 0.25) is 0 Å². The van der Waals surface area contributed by atoms with Crippen molar-refractivity contribution in [3.05, 3.63) is 28.0 Å². The van der Waals surface area contributed by atoms with E-state index in [9.17, 15) is 17.6 Å². The first-order valence-electron chi connectivity index (χ1n) is 3.74. The molecule has 0 unspecified atom stereocenters. The molecule has 7 heteroatoms. The predicted octanol–water partition coefficient (Wildman–Crippen LogP) is 2.86. The molecule has 2 nitrogen and oxygen atoms in total. The zero-order chi connectivity index (χ0) is 11.8. The highest BCUT2D eigenvalue weighted by molar-refractivity contribution is 9.10. The molecule has 0 saturated heterocycles. The number of alkyl halides is 3. The van der Waals surface area contributed by atoms with Crippen LogP contribution in [-0.4, -0.2) is 11.3 Å². The van der Waals surface area contributed by atoms with E-state index in [1.165, 1.54) is 0 Å². The summed E-state index contributed by atoms with van der Waals surface area (Å²) in [6, 6.07) is -0.537. The Balaban J connectivity index is 3.31. The summed E-state index contributed by atoms with van der Waals surface area (Å²) in [7, 11) is 0. The largest absolute Gasteiger partial charge is 0.505 e. The summed E-state index contributed by atoms with van der Waals surface area (Å²) >= 11 is 2.77. The van der Waals surface area contributed by atoms with Crippen LogP contribution in [0.4, 0.5) is 17.6 Å². The minimum absolute atomic E-state index is 0.0915. The van der Waals surface area contributed by atoms with E-state index in [1.54, 1.807) is 0 Å². The highest BCUT2D eigenvalue weighted by Gasteiger charge is 2.40. The van der Waals surface area contributed by atoms with Gasteiger partial charge < -0.3 is 10.8 Å². The minimum atomic E-state index is -4.74. The number of halogens is 5. The van der Waals surface area contributed by atoms with Crippen LogP contribution in [0.1, 0.15) is 11.6 Å². The molecule has 15 heavy (non-hydrogen) atoms. The molecule has 3 N–H and O–H groups in total. The molecule has 0 aliphatic rings. The summed E-state index contributed by atoms with van der Waals surface area (Å²) in [4.78, 5) is 0. The lowest BCUT2D eigenvalue weighted by Crippen LogP contribution is -2.29. The average Bonchev–Trinajstić information content (AvgIpc) is 2.10. The summed E-state index contributed by atoms with van der Waals surface area (Å²) in [5, 5.41) is 9.13. The van der Waals surface area contributed by atoms with Crippen LogP contribution in [-0.2, 0) is 0 Å². The van der Waals surface area contributed by atoms with Crippen molar-refractivity contribution in [1.29, 1.82) is 0 Å². The van der Waals surface area contributed by atoms with Gasteiger partial charge in [-0.25, -0.2) is 4.39 Å². The zero-order valence-corrected chi connectivity index (χ0v) is 8.73. The number of phenolic OH excluding ortho intramolecular Hbond substituents is 1. The van der Waals surface area contributed by atoms with Crippen molar-refractivity contribution in [2.24, 2.45) is 5.73 Å². The van der Waals surface area contributed by atoms with Crippen LogP contribution in [0.15, 0.2) is 16.6 Å². The van der Waals surface area contributed by atoms with Crippen molar-refractivity contribution in [2.45, 2.75) is 12.2 Å². The van der Waals surface area contributed by atoms with Crippen molar-refractivity contribution >= 4 is 15.9 Å². The SMILES string of the molecule is N[C@H](c1c(Br)ccc(F)c1O)C(F)(F)F. The van der Waals surface area contributed by atoms with Crippen molar-refractivity contribution in [1.82, 2.24) is 0 Å². The van der Waals surface area contributed by atoms with Crippen LogP contribution in [0.3, 0.4) is 0 Å². The minimum Gasteiger partial charge on any atom is -0.505 e. The van der Waals surface area contributed by atoms with Crippen molar-refractivity contribution in [3.63, 3.8) is 0 Å². The molecule has 0 heterocycles. The number of hydrogen-bond donors (Lipinski definition) is 2. The summed E-state index contributed by atoms with van der Waals surface area (Å²) in [6.45, 7) is 0. The predicted molar refractivity (Wildman–Crippen MR) is 48.7 cm³/mol. The molecular formula is C8H6BrF4NO. The van der Waals surface area contributed by atoms with Gasteiger partial charge in [0.05, 0.1) is 0 Å². The standard InChI is InChI=1S/C8H6BrF4NO/c9-3-1-2-4(10)6(15)5(3)7(14)8(11,12)13/h1-2,7,15H,14H2/t7-/m1/s1. The molecule has 1 aromatic carbocycles. The molecule has 0 amide bonds. The van der Waals surface area contributed by atoms with Gasteiger partial charge in [-0.2, -0.15) is 13.2 Å². The molecule has 1 aromatic rings. The molecule has 0 fully saturated rings. The Labute approximate surface area is 90.8 Å². The van der Waals surface area contributed by atoms with E-state index in [-0.39, 0.29) is 4.47 Å². The number of hydrogen-bond acceptors (Lipinski definition) is 2. The first-order chi connectivity index (χ1) is 6.75. The molecule has 84 valence electrons. The molecule has 0 saturated carbocycles. The maximum Gasteiger partial charge on any atom is 0.407 e. The van der Waals surface area contributed by atoms with E-state index in [0.717, 1.165) is 12.1 Å². The second kappa shape index (κ2) is 3.97. The van der Waals surface area contributed by atoms with Crippen LogP contribution < -0.4 is 5.73 Å². The summed E-state index contributed by atoms with van der Waals surface area (Å²) in [6.07, 6.45) is -4.74. The Morgan fingerprint density at radius 2 is 1.87 bits per heavy atom. The number of aromatic hydroxyl groups is 1. The lowest BCUT2D eigenvalue weighted by atomic mass is 10.1. The van der Waals surface area contributed by atoms with Gasteiger partial charge in [-0.05, 0) is 12.1 Å². The quantitative estimate of drug-likeness (QED) is 0.780. The van der Waals surface area contributed by atoms with Gasteiger partial charge in [0.15, 0.2) is 11.6 Å². The van der Waals surface area contributed by atoms with E-state index in [1.807, 2.05) is 0 Å². The lowest BCUT2D eigenvalue weighted by molar-refractivity contribution is -0.149. The van der Waals surface area contributed by atoms with Gasteiger partial charge >= 0.3 is 6.18 Å². The third-order valence-electron chi connectivity index (χ3n) is 1.78. The summed E-state index contributed by atoms with van der Waals surface area (Å²) in [5.74, 6) is -2.23. The van der Waals surface area contributed by atoms with Crippen LogP contribution in [0.5, 0.6) is 5.75 Å². The molecule has 0 aliphatic heterocycles. The van der Waals surface area contributed by atoms with Crippen LogP contribution in [0.25, 0.3) is 0 Å². The Kier molecular flexibility index (Phi) is 3.25. The smallest absolute Gasteiger partial charge is 0.407 e. The highest BCUT2D eigenvalue weighted by atomic mass is 79.9. The Bertz CT molecular complexity index is 380. The number of rotatable bonds is 1. The van der Waals surface area contributed by atoms with Crippen molar-refractivity contribution in [3.8, 4) is 5.75 Å². The van der Waals surface area contributed by atoms with Crippen molar-refractivity contribution < 1.29 is 22.7 Å². The third kappa shape index (κ3) is 2.40. The molecule has 0 aromatic heterocycles. The second-order valence-corrected chi connectivity index (χ2v) is 3.67. The molecule has 0 radical (unpaired) electrons. The van der Waals surface area contributed by atoms with E-state index in [2.05, 4.69) is 15.9 Å². The Morgan fingerprint density at radius 3 is 2.33 bits per heavy atom. The second-order valence-electron chi connectivity index (χ2n) is 2.81. The molecule has 0 spiro atoms. The molecule has 0 aliphatic carbocycles. The van der Waals surface area contributed by atoms with E-state index in [4.69, 9.17) is 10.8 Å². The number of nitrogens with two attached hydrogens (primary N) is 1. The Morgan fingerprint density at radius 1 is 1.33 bits per heavy atom. The maximum absolute atomic E-state index is 12.8. The highest BCUT2D eigenvalue weighted by Crippen LogP contribution is 2.40. The molecular weight excluding hydrogens is 282 g/mol. The topological polar surface area (TPSA) is 46.2 Å². The van der Waals surface area contributed by atoms with Gasteiger partial charge in [-0.3, -0.25) is 0 Å². The Hall–Kier alpha value is -0.820. The van der Waals surface area contributed by atoms with Gasteiger partial charge in [0.1, 0.15) is 6.04 Å². The van der Waals surface area contributed by atoms with Crippen LogP contribution >= 0.6 is 15.9 Å². The van der Waals surface area contributed by atoms with Crippen LogP contribution in [0.2, 0.25) is 0 Å². The molecule has 0 bridgehead atoms. The van der Waals surface area contributed by atoms with Gasteiger partial charge in [0.25, 0.3) is 0 Å². The van der Waals surface area contributed by atoms with E-state index in [0.29, 0.717) is 0 Å². The van der Waals surface area contributed by atoms with Gasteiger partial charge in [0, 0.05) is 10.0 Å². The average molecular weight is 288 g/mol. The van der Waals surface area contributed by atoms with E-state index >= 15 is 0 Å².